The Morgan fingerprint density at radius 1 is 1.28 bits per heavy atom. The number of piperidine rings is 3. The molecule has 3 aliphatic rings. The number of likely N-dealkylation sites (tertiary alicyclic amines) is 1. The van der Waals surface area contributed by atoms with Crippen molar-refractivity contribution in [1.82, 2.24) is 29.3 Å². The molecule has 29 heavy (non-hydrogen) atoms. The van der Waals surface area contributed by atoms with Crippen LogP contribution in [0.1, 0.15) is 36.0 Å². The quantitative estimate of drug-likeness (QED) is 0.778. The third-order valence-corrected chi connectivity index (χ3v) is 6.86. The third-order valence-electron chi connectivity index (χ3n) is 6.86. The Morgan fingerprint density at radius 3 is 2.93 bits per heavy atom. The van der Waals surface area contributed by atoms with Crippen molar-refractivity contribution in [1.29, 1.82) is 0 Å². The van der Waals surface area contributed by atoms with Gasteiger partial charge in [-0.3, -0.25) is 9.59 Å². The van der Waals surface area contributed by atoms with Gasteiger partial charge in [0.2, 0.25) is 5.91 Å². The van der Waals surface area contributed by atoms with Crippen LogP contribution < -0.4 is 0 Å². The van der Waals surface area contributed by atoms with Gasteiger partial charge in [0.25, 0.3) is 5.91 Å². The van der Waals surface area contributed by atoms with E-state index in [1.807, 2.05) is 17.0 Å². The highest BCUT2D eigenvalue weighted by Gasteiger charge is 2.50. The second-order valence-electron chi connectivity index (χ2n) is 9.03. The lowest BCUT2D eigenvalue weighted by molar-refractivity contribution is -0.152. The summed E-state index contributed by atoms with van der Waals surface area (Å²) >= 11 is 0. The van der Waals surface area contributed by atoms with Crippen molar-refractivity contribution < 1.29 is 9.59 Å². The van der Waals surface area contributed by atoms with Crippen LogP contribution in [0.2, 0.25) is 0 Å². The maximum Gasteiger partial charge on any atom is 0.254 e. The molecule has 2 aromatic heterocycles. The molecule has 2 bridgehead atoms. The first-order chi connectivity index (χ1) is 14.0. The lowest BCUT2D eigenvalue weighted by atomic mass is 9.72. The minimum Gasteiger partial charge on any atom is -0.338 e. The standard InChI is InChI=1S/C21H28N6O2/c1-24(2)12-18-16-8-15(17-4-3-5-20(28)27(17)18)10-25(11-16)21(29)14-6-7-26-19(9-14)22-13-23-26/h6-7,9,13,15-18H,3-5,8,10-12H2,1-2H3/t15-,16+,17+,18+/m1/s1. The molecule has 8 nitrogen and oxygen atoms in total. The van der Waals surface area contributed by atoms with Gasteiger partial charge in [-0.25, -0.2) is 9.50 Å². The minimum atomic E-state index is 0.0596. The number of amides is 2. The fraction of sp³-hybridized carbons (Fsp3) is 0.619. The molecule has 154 valence electrons. The Balaban J connectivity index is 1.43. The number of fused-ring (bicyclic) bond motifs is 5. The van der Waals surface area contributed by atoms with Crippen LogP contribution in [0.4, 0.5) is 0 Å². The molecule has 0 aliphatic carbocycles. The lowest BCUT2D eigenvalue weighted by Gasteiger charge is -2.57. The maximum absolute atomic E-state index is 13.3. The number of hydrogen-bond acceptors (Lipinski definition) is 5. The summed E-state index contributed by atoms with van der Waals surface area (Å²) in [5.41, 5.74) is 1.34. The van der Waals surface area contributed by atoms with Gasteiger partial charge in [-0.05, 0) is 57.3 Å². The zero-order valence-electron chi connectivity index (χ0n) is 17.1. The minimum absolute atomic E-state index is 0.0596. The first-order valence-corrected chi connectivity index (χ1v) is 10.6. The van der Waals surface area contributed by atoms with Gasteiger partial charge in [-0.2, -0.15) is 5.10 Å². The molecular formula is C21H28N6O2. The lowest BCUT2D eigenvalue weighted by Crippen LogP contribution is -2.67. The summed E-state index contributed by atoms with van der Waals surface area (Å²) in [6, 6.07) is 4.09. The summed E-state index contributed by atoms with van der Waals surface area (Å²) in [4.78, 5) is 36.7. The van der Waals surface area contributed by atoms with Crippen LogP contribution in [-0.4, -0.2) is 86.9 Å². The number of hydrogen-bond donors (Lipinski definition) is 0. The predicted molar refractivity (Wildman–Crippen MR) is 107 cm³/mol. The normalized spacial score (nSPS) is 29.4. The second kappa shape index (κ2) is 7.09. The number of likely N-dealkylation sites (N-methyl/N-ethyl adjacent to an activating group) is 1. The van der Waals surface area contributed by atoms with E-state index in [1.54, 1.807) is 10.7 Å². The topological polar surface area (TPSA) is 74.0 Å². The Morgan fingerprint density at radius 2 is 2.10 bits per heavy atom. The van der Waals surface area contributed by atoms with Crippen molar-refractivity contribution in [3.05, 3.63) is 30.2 Å². The van der Waals surface area contributed by atoms with E-state index < -0.39 is 0 Å². The molecule has 2 amide bonds. The SMILES string of the molecule is CN(C)C[C@H]1[C@H]2C[C@H](CN(C(=O)c3ccn4ncnc4c3)C2)[C@@H]2CCCC(=O)N21. The van der Waals surface area contributed by atoms with Gasteiger partial charge in [-0.15, -0.1) is 0 Å². The van der Waals surface area contributed by atoms with Gasteiger partial charge in [0.15, 0.2) is 5.65 Å². The second-order valence-corrected chi connectivity index (χ2v) is 9.03. The predicted octanol–water partition coefficient (Wildman–Crippen LogP) is 1.13. The number of rotatable bonds is 3. The molecule has 3 saturated heterocycles. The van der Waals surface area contributed by atoms with Crippen molar-refractivity contribution in [3.63, 3.8) is 0 Å². The van der Waals surface area contributed by atoms with Crippen LogP contribution in [0.5, 0.6) is 0 Å². The number of nitrogens with zero attached hydrogens (tertiary/aromatic N) is 6. The highest BCUT2D eigenvalue weighted by atomic mass is 16.2. The van der Waals surface area contributed by atoms with E-state index in [-0.39, 0.29) is 18.0 Å². The van der Waals surface area contributed by atoms with Crippen LogP contribution in [0.15, 0.2) is 24.7 Å². The fourth-order valence-electron chi connectivity index (χ4n) is 5.68. The van der Waals surface area contributed by atoms with E-state index in [9.17, 15) is 9.59 Å². The molecule has 8 heteroatoms. The van der Waals surface area contributed by atoms with Gasteiger partial charge in [0, 0.05) is 49.9 Å². The van der Waals surface area contributed by atoms with Gasteiger partial charge in [0.1, 0.15) is 6.33 Å². The molecule has 0 spiro atoms. The van der Waals surface area contributed by atoms with Crippen molar-refractivity contribution in [3.8, 4) is 0 Å². The molecule has 2 aromatic rings. The summed E-state index contributed by atoms with van der Waals surface area (Å²) in [5, 5.41) is 4.11. The first kappa shape index (κ1) is 18.5. The Labute approximate surface area is 170 Å². The Bertz CT molecular complexity index is 940. The third kappa shape index (κ3) is 3.19. The van der Waals surface area contributed by atoms with Crippen LogP contribution in [0.3, 0.4) is 0 Å². The summed E-state index contributed by atoms with van der Waals surface area (Å²) < 4.78 is 1.67. The van der Waals surface area contributed by atoms with Crippen LogP contribution in [0, 0.1) is 11.8 Å². The molecule has 5 rings (SSSR count). The van der Waals surface area contributed by atoms with Gasteiger partial charge in [0.05, 0.1) is 0 Å². The van der Waals surface area contributed by atoms with Crippen molar-refractivity contribution in [2.75, 3.05) is 33.7 Å². The average molecular weight is 396 g/mol. The highest BCUT2D eigenvalue weighted by Crippen LogP contribution is 2.42. The molecule has 3 aliphatic heterocycles. The van der Waals surface area contributed by atoms with Gasteiger partial charge >= 0.3 is 0 Å². The highest BCUT2D eigenvalue weighted by molar-refractivity contribution is 5.95. The van der Waals surface area contributed by atoms with Crippen LogP contribution in [0.25, 0.3) is 5.65 Å². The molecule has 3 fully saturated rings. The van der Waals surface area contributed by atoms with E-state index in [0.29, 0.717) is 41.9 Å². The molecular weight excluding hydrogens is 368 g/mol. The number of carbonyl (C=O) groups is 2. The summed E-state index contributed by atoms with van der Waals surface area (Å²) in [6.45, 7) is 2.30. The smallest absolute Gasteiger partial charge is 0.254 e. The summed E-state index contributed by atoms with van der Waals surface area (Å²) in [6.07, 6.45) is 7.08. The largest absolute Gasteiger partial charge is 0.338 e. The fourth-order valence-corrected chi connectivity index (χ4v) is 5.68. The molecule has 0 unspecified atom stereocenters. The summed E-state index contributed by atoms with van der Waals surface area (Å²) in [5.74, 6) is 1.07. The maximum atomic E-state index is 13.3. The molecule has 0 N–H and O–H groups in total. The molecule has 0 saturated carbocycles. The van der Waals surface area contributed by atoms with Crippen molar-refractivity contribution in [2.45, 2.75) is 37.8 Å². The van der Waals surface area contributed by atoms with Crippen LogP contribution in [-0.2, 0) is 4.79 Å². The van der Waals surface area contributed by atoms with Crippen molar-refractivity contribution in [2.24, 2.45) is 11.8 Å². The Kier molecular flexibility index (Phi) is 4.53. The number of carbonyl (C=O) groups excluding carboxylic acids is 2. The average Bonchev–Trinajstić information content (AvgIpc) is 3.18. The van der Waals surface area contributed by atoms with Crippen LogP contribution >= 0.6 is 0 Å². The molecule has 0 aromatic carbocycles. The summed E-state index contributed by atoms with van der Waals surface area (Å²) in [7, 11) is 4.13. The number of aromatic nitrogens is 3. The van der Waals surface area contributed by atoms with E-state index in [4.69, 9.17) is 0 Å². The molecule has 5 heterocycles. The first-order valence-electron chi connectivity index (χ1n) is 10.6. The zero-order chi connectivity index (χ0) is 20.1. The molecule has 0 radical (unpaired) electrons. The monoisotopic (exact) mass is 396 g/mol. The van der Waals surface area contributed by atoms with Gasteiger partial charge in [-0.1, -0.05) is 0 Å². The van der Waals surface area contributed by atoms with E-state index in [1.165, 1.54) is 6.33 Å². The Hall–Kier alpha value is -2.48. The van der Waals surface area contributed by atoms with E-state index >= 15 is 0 Å². The van der Waals surface area contributed by atoms with Crippen molar-refractivity contribution >= 4 is 17.5 Å². The number of pyridine rings is 1. The van der Waals surface area contributed by atoms with E-state index in [0.717, 1.165) is 32.4 Å². The van der Waals surface area contributed by atoms with E-state index in [2.05, 4.69) is 34.0 Å². The van der Waals surface area contributed by atoms with Gasteiger partial charge < -0.3 is 14.7 Å². The molecule has 4 atom stereocenters. The zero-order valence-corrected chi connectivity index (χ0v) is 17.1.